The molecule has 0 aliphatic rings. The minimum atomic E-state index is 0. The molecular formula is AlBCaZr. The van der Waals surface area contributed by atoms with Gasteiger partial charge >= 0.3 is 0 Å². The molecule has 4 heavy (non-hydrogen) atoms. The summed E-state index contributed by atoms with van der Waals surface area (Å²) in [5.74, 6) is 0. The number of hydrogen-bond donors (Lipinski definition) is 0. The standard InChI is InChI=1S/Al.B.Ca.Zr. The molecule has 0 bridgehead atoms. The van der Waals surface area contributed by atoms with Crippen LogP contribution in [0.25, 0.3) is 0 Å². The van der Waals surface area contributed by atoms with Gasteiger partial charge in [0.15, 0.2) is 0 Å². The van der Waals surface area contributed by atoms with E-state index in [0.29, 0.717) is 0 Å². The van der Waals surface area contributed by atoms with Gasteiger partial charge in [-0.1, -0.05) is 0 Å². The van der Waals surface area contributed by atoms with E-state index in [-0.39, 0.29) is 89.7 Å². The fraction of sp³-hybridized carbons (Fsp3) is 0. The topological polar surface area (TPSA) is 0 Å². The summed E-state index contributed by atoms with van der Waals surface area (Å²) in [7, 11) is 0. The van der Waals surface area contributed by atoms with Gasteiger partial charge in [-0.3, -0.25) is 0 Å². The minimum Gasteiger partial charge on any atom is 0 e. The molecule has 0 aromatic rings. The molecule has 0 amide bonds. The first-order valence-corrected chi connectivity index (χ1v) is 0. The van der Waals surface area contributed by atoms with Crippen LogP contribution in [0.1, 0.15) is 0 Å². The fourth-order valence-electron chi connectivity index (χ4n) is 0. The molecule has 8 radical (unpaired) electrons. The van der Waals surface area contributed by atoms with Gasteiger partial charge in [0.2, 0.25) is 0 Å². The largest absolute Gasteiger partial charge is 0 e. The zero-order valence-electron chi connectivity index (χ0n) is 2.36. The van der Waals surface area contributed by atoms with Gasteiger partial charge < -0.3 is 0 Å². The second-order valence-corrected chi connectivity index (χ2v) is 0. The molecule has 0 aliphatic carbocycles. The molecular weight excluding hydrogens is 169 g/mol. The molecule has 0 aromatic carbocycles. The summed E-state index contributed by atoms with van der Waals surface area (Å²) >= 11 is 0. The Morgan fingerprint density at radius 1 is 1.00 bits per heavy atom. The maximum absolute atomic E-state index is 0. The van der Waals surface area contributed by atoms with Crippen LogP contribution in [0.15, 0.2) is 0 Å². The summed E-state index contributed by atoms with van der Waals surface area (Å²) in [4.78, 5) is 0. The molecule has 0 rings (SSSR count). The van der Waals surface area contributed by atoms with Crippen LogP contribution < -0.4 is 0 Å². The van der Waals surface area contributed by atoms with Crippen molar-refractivity contribution in [2.24, 2.45) is 0 Å². The molecule has 0 saturated heterocycles. The number of rotatable bonds is 0. The van der Waals surface area contributed by atoms with Crippen molar-refractivity contribution in [1.29, 1.82) is 0 Å². The van der Waals surface area contributed by atoms with Crippen molar-refractivity contribution in [3.63, 3.8) is 0 Å². The maximum Gasteiger partial charge on any atom is 0 e. The number of hydrogen-bond acceptors (Lipinski definition) is 0. The molecule has 0 atom stereocenters. The van der Waals surface area contributed by atoms with E-state index in [1.807, 2.05) is 0 Å². The third-order valence-electron chi connectivity index (χ3n) is 0. The summed E-state index contributed by atoms with van der Waals surface area (Å²) in [6, 6.07) is 0. The molecule has 0 aromatic heterocycles. The van der Waals surface area contributed by atoms with Crippen molar-refractivity contribution in [2.45, 2.75) is 0 Å². The average molecular weight is 169 g/mol. The van der Waals surface area contributed by atoms with Crippen molar-refractivity contribution in [2.75, 3.05) is 0 Å². The third-order valence-corrected chi connectivity index (χ3v) is 0. The van der Waals surface area contributed by atoms with Gasteiger partial charge in [-0.25, -0.2) is 0 Å². The Morgan fingerprint density at radius 3 is 1.00 bits per heavy atom. The first-order valence-electron chi connectivity index (χ1n) is 0. The molecule has 0 saturated carbocycles. The van der Waals surface area contributed by atoms with Crippen LogP contribution in [0.5, 0.6) is 0 Å². The summed E-state index contributed by atoms with van der Waals surface area (Å²) in [6.45, 7) is 0. The molecule has 0 unspecified atom stereocenters. The Hall–Kier alpha value is 2.74. The first-order chi connectivity index (χ1) is 0. The summed E-state index contributed by atoms with van der Waals surface area (Å²) in [5.41, 5.74) is 0. The monoisotopic (exact) mass is 168 g/mol. The van der Waals surface area contributed by atoms with Crippen molar-refractivity contribution in [1.82, 2.24) is 0 Å². The quantitative estimate of drug-likeness (QED) is 0.402. The Bertz CT molecular complexity index is 8.00. The van der Waals surface area contributed by atoms with Crippen molar-refractivity contribution < 1.29 is 26.2 Å². The molecule has 0 aliphatic heterocycles. The normalized spacial score (nSPS) is 0. The molecule has 0 heterocycles. The van der Waals surface area contributed by atoms with Crippen LogP contribution in [0, 0.1) is 0 Å². The van der Waals surface area contributed by atoms with Gasteiger partial charge in [0.1, 0.15) is 0 Å². The average Bonchev–Trinajstić information content (AvgIpc) is 0. The second-order valence-electron chi connectivity index (χ2n) is 0. The molecule has 0 fully saturated rings. The Morgan fingerprint density at radius 2 is 1.00 bits per heavy atom. The van der Waals surface area contributed by atoms with Crippen LogP contribution in [-0.2, 0) is 26.2 Å². The van der Waals surface area contributed by atoms with Crippen molar-refractivity contribution in [3.8, 4) is 0 Å². The fourth-order valence-corrected chi connectivity index (χ4v) is 0. The Balaban J connectivity index is 0. The SMILES string of the molecule is [Al].[B].[Ca].[Zr]. The van der Waals surface area contributed by atoms with E-state index in [4.69, 9.17) is 0 Å². The van der Waals surface area contributed by atoms with Gasteiger partial charge in [-0.2, -0.15) is 0 Å². The minimum absolute atomic E-state index is 0. The van der Waals surface area contributed by atoms with Gasteiger partial charge in [-0.05, 0) is 0 Å². The third kappa shape index (κ3) is 8.83. The molecule has 0 nitrogen and oxygen atoms in total. The van der Waals surface area contributed by atoms with Gasteiger partial charge in [0.05, 0.1) is 0 Å². The van der Waals surface area contributed by atoms with E-state index < -0.39 is 0 Å². The zero-order chi connectivity index (χ0) is 0. The Kier molecular flexibility index (Phi) is 127. The van der Waals surface area contributed by atoms with E-state index in [1.54, 1.807) is 0 Å². The Labute approximate surface area is 87.9 Å². The summed E-state index contributed by atoms with van der Waals surface area (Å²) in [5, 5.41) is 0. The van der Waals surface area contributed by atoms with Crippen LogP contribution in [0.3, 0.4) is 0 Å². The van der Waals surface area contributed by atoms with Crippen molar-refractivity contribution >= 4 is 63.5 Å². The molecule has 0 N–H and O–H groups in total. The maximum atomic E-state index is 0. The zero-order valence-corrected chi connectivity index (χ0v) is 8.18. The van der Waals surface area contributed by atoms with Crippen molar-refractivity contribution in [3.05, 3.63) is 0 Å². The van der Waals surface area contributed by atoms with E-state index in [9.17, 15) is 0 Å². The van der Waals surface area contributed by atoms with Crippen LogP contribution in [0.4, 0.5) is 0 Å². The first kappa shape index (κ1) is 29.6. The summed E-state index contributed by atoms with van der Waals surface area (Å²) < 4.78 is 0. The van der Waals surface area contributed by atoms with Crippen LogP contribution in [-0.4, -0.2) is 63.5 Å². The summed E-state index contributed by atoms with van der Waals surface area (Å²) in [6.07, 6.45) is 0. The van der Waals surface area contributed by atoms with E-state index in [0.717, 1.165) is 0 Å². The van der Waals surface area contributed by atoms with Gasteiger partial charge in [0.25, 0.3) is 0 Å². The van der Waals surface area contributed by atoms with Crippen LogP contribution >= 0.6 is 0 Å². The molecule has 0 spiro atoms. The van der Waals surface area contributed by atoms with Crippen LogP contribution in [0.2, 0.25) is 0 Å². The van der Waals surface area contributed by atoms with E-state index >= 15 is 0 Å². The van der Waals surface area contributed by atoms with Gasteiger partial charge in [0, 0.05) is 89.7 Å². The smallest absolute Gasteiger partial charge is 0 e. The predicted molar refractivity (Wildman–Crippen MR) is 17.3 cm³/mol. The van der Waals surface area contributed by atoms with E-state index in [2.05, 4.69) is 0 Å². The molecule has 12 valence electrons. The van der Waals surface area contributed by atoms with Gasteiger partial charge in [-0.15, -0.1) is 0 Å². The molecule has 4 heteroatoms. The predicted octanol–water partition coefficient (Wildman–Crippen LogP) is -1.14. The van der Waals surface area contributed by atoms with E-state index in [1.165, 1.54) is 0 Å². The second kappa shape index (κ2) is 17.2.